The van der Waals surface area contributed by atoms with E-state index in [-0.39, 0.29) is 29.9 Å². The number of morpholine rings is 1. The topological polar surface area (TPSA) is 112 Å². The van der Waals surface area contributed by atoms with Crippen molar-refractivity contribution in [2.24, 2.45) is 0 Å². The van der Waals surface area contributed by atoms with Gasteiger partial charge in [0.1, 0.15) is 0 Å². The molecule has 0 spiro atoms. The minimum Gasteiger partial charge on any atom is -0.376 e. The summed E-state index contributed by atoms with van der Waals surface area (Å²) in [5, 5.41) is 11.4. The first-order valence-corrected chi connectivity index (χ1v) is 12.0. The lowest BCUT2D eigenvalue weighted by Crippen LogP contribution is -2.40. The molecule has 3 rings (SSSR count). The number of nitriles is 1. The Morgan fingerprint density at radius 2 is 1.97 bits per heavy atom. The summed E-state index contributed by atoms with van der Waals surface area (Å²) >= 11 is 0. The van der Waals surface area contributed by atoms with E-state index in [0.717, 1.165) is 31.8 Å². The van der Waals surface area contributed by atoms with Crippen LogP contribution in [0, 0.1) is 11.3 Å². The summed E-state index contributed by atoms with van der Waals surface area (Å²) in [5.41, 5.74) is 2.56. The van der Waals surface area contributed by atoms with Gasteiger partial charge >= 0.3 is 0 Å². The van der Waals surface area contributed by atoms with Gasteiger partial charge in [0.05, 0.1) is 23.7 Å². The molecule has 1 heterocycles. The van der Waals surface area contributed by atoms with E-state index in [1.807, 2.05) is 18.2 Å². The Labute approximate surface area is 189 Å². The Morgan fingerprint density at radius 3 is 2.69 bits per heavy atom. The fourth-order valence-corrected chi connectivity index (χ4v) is 4.56. The van der Waals surface area contributed by atoms with Crippen LogP contribution in [0.25, 0.3) is 0 Å². The molecule has 32 heavy (non-hydrogen) atoms. The van der Waals surface area contributed by atoms with E-state index in [4.69, 9.17) is 10.00 Å². The van der Waals surface area contributed by atoms with E-state index in [0.29, 0.717) is 12.1 Å². The SMILES string of the molecule is CC1CN(Cc2cccc(CNC(=O)c3ccc(S(=O)(=O)NCCC#N)cc3)c2)CCO1. The second-order valence-corrected chi connectivity index (χ2v) is 9.52. The lowest BCUT2D eigenvalue weighted by Gasteiger charge is -2.31. The summed E-state index contributed by atoms with van der Waals surface area (Å²) in [7, 11) is -3.70. The normalized spacial score (nSPS) is 16.9. The third kappa shape index (κ3) is 6.87. The molecular weight excluding hydrogens is 428 g/mol. The highest BCUT2D eigenvalue weighted by atomic mass is 32.2. The molecule has 0 aromatic heterocycles. The van der Waals surface area contributed by atoms with Gasteiger partial charge in [-0.25, -0.2) is 13.1 Å². The maximum atomic E-state index is 12.5. The first-order valence-electron chi connectivity index (χ1n) is 10.5. The summed E-state index contributed by atoms with van der Waals surface area (Å²) < 4.78 is 32.3. The van der Waals surface area contributed by atoms with Crippen molar-refractivity contribution in [1.29, 1.82) is 5.26 Å². The number of hydrogen-bond acceptors (Lipinski definition) is 6. The highest BCUT2D eigenvalue weighted by Gasteiger charge is 2.17. The van der Waals surface area contributed by atoms with Crippen LogP contribution in [0.15, 0.2) is 53.4 Å². The predicted molar refractivity (Wildman–Crippen MR) is 120 cm³/mol. The van der Waals surface area contributed by atoms with Crippen LogP contribution in [0.3, 0.4) is 0 Å². The molecule has 0 bridgehead atoms. The first-order chi connectivity index (χ1) is 15.4. The zero-order chi connectivity index (χ0) is 23.0. The number of nitrogens with zero attached hydrogens (tertiary/aromatic N) is 2. The summed E-state index contributed by atoms with van der Waals surface area (Å²) in [6.07, 6.45) is 0.327. The second kappa shape index (κ2) is 11.2. The highest BCUT2D eigenvalue weighted by molar-refractivity contribution is 7.89. The Hall–Kier alpha value is -2.77. The molecule has 1 amide bonds. The molecule has 1 aliphatic heterocycles. The van der Waals surface area contributed by atoms with Crippen molar-refractivity contribution in [3.05, 3.63) is 65.2 Å². The van der Waals surface area contributed by atoms with Crippen molar-refractivity contribution in [3.63, 3.8) is 0 Å². The van der Waals surface area contributed by atoms with Gasteiger partial charge < -0.3 is 10.1 Å². The predicted octanol–water partition coefficient (Wildman–Crippen LogP) is 2.03. The molecule has 0 radical (unpaired) electrons. The van der Waals surface area contributed by atoms with Gasteiger partial charge in [-0.05, 0) is 42.3 Å². The van der Waals surface area contributed by atoms with Gasteiger partial charge in [0.15, 0.2) is 0 Å². The third-order valence-electron chi connectivity index (χ3n) is 5.13. The fraction of sp³-hybridized carbons (Fsp3) is 0.391. The minimum absolute atomic E-state index is 0.0463. The van der Waals surface area contributed by atoms with Gasteiger partial charge in [0.25, 0.3) is 5.91 Å². The number of sulfonamides is 1. The van der Waals surface area contributed by atoms with E-state index < -0.39 is 10.0 Å². The van der Waals surface area contributed by atoms with Crippen LogP contribution in [0.5, 0.6) is 0 Å². The quantitative estimate of drug-likeness (QED) is 0.559. The van der Waals surface area contributed by atoms with Gasteiger partial charge in [-0.2, -0.15) is 5.26 Å². The molecule has 0 aliphatic carbocycles. The van der Waals surface area contributed by atoms with Crippen LogP contribution >= 0.6 is 0 Å². The number of amides is 1. The summed E-state index contributed by atoms with van der Waals surface area (Å²) in [6, 6.07) is 15.7. The third-order valence-corrected chi connectivity index (χ3v) is 6.61. The van der Waals surface area contributed by atoms with Crippen molar-refractivity contribution in [3.8, 4) is 6.07 Å². The second-order valence-electron chi connectivity index (χ2n) is 7.75. The van der Waals surface area contributed by atoms with Crippen LogP contribution in [0.1, 0.15) is 34.8 Å². The molecule has 170 valence electrons. The maximum absolute atomic E-state index is 12.5. The molecule has 2 N–H and O–H groups in total. The Morgan fingerprint density at radius 1 is 1.22 bits per heavy atom. The Bertz CT molecular complexity index is 1060. The molecular formula is C23H28N4O4S. The van der Waals surface area contributed by atoms with Gasteiger partial charge in [-0.15, -0.1) is 0 Å². The lowest BCUT2D eigenvalue weighted by atomic mass is 10.1. The van der Waals surface area contributed by atoms with E-state index in [2.05, 4.69) is 34.0 Å². The number of rotatable bonds is 9. The van der Waals surface area contributed by atoms with Crippen molar-refractivity contribution in [2.75, 3.05) is 26.2 Å². The number of benzene rings is 2. The van der Waals surface area contributed by atoms with Gasteiger partial charge in [0.2, 0.25) is 10.0 Å². The van der Waals surface area contributed by atoms with E-state index in [1.165, 1.54) is 29.8 Å². The number of nitrogens with one attached hydrogen (secondary N) is 2. The first kappa shape index (κ1) is 23.9. The Kier molecular flexibility index (Phi) is 8.36. The number of ether oxygens (including phenoxy) is 1. The summed E-state index contributed by atoms with van der Waals surface area (Å²) in [5.74, 6) is -0.279. The van der Waals surface area contributed by atoms with E-state index in [9.17, 15) is 13.2 Å². The molecule has 1 saturated heterocycles. The fourth-order valence-electron chi connectivity index (χ4n) is 3.52. The maximum Gasteiger partial charge on any atom is 0.251 e. The molecule has 1 atom stereocenters. The molecule has 9 heteroatoms. The summed E-state index contributed by atoms with van der Waals surface area (Å²) in [4.78, 5) is 14.9. The van der Waals surface area contributed by atoms with Gasteiger partial charge in [-0.1, -0.05) is 24.3 Å². The van der Waals surface area contributed by atoms with Crippen LogP contribution in [0.4, 0.5) is 0 Å². The largest absolute Gasteiger partial charge is 0.376 e. The van der Waals surface area contributed by atoms with Crippen molar-refractivity contribution in [2.45, 2.75) is 37.4 Å². The number of carbonyl (C=O) groups is 1. The molecule has 2 aromatic carbocycles. The zero-order valence-electron chi connectivity index (χ0n) is 18.1. The van der Waals surface area contributed by atoms with Gasteiger partial charge in [-0.3, -0.25) is 9.69 Å². The minimum atomic E-state index is -3.70. The van der Waals surface area contributed by atoms with Crippen LogP contribution < -0.4 is 10.0 Å². The monoisotopic (exact) mass is 456 g/mol. The van der Waals surface area contributed by atoms with Crippen LogP contribution in [-0.4, -0.2) is 51.6 Å². The van der Waals surface area contributed by atoms with E-state index >= 15 is 0 Å². The molecule has 1 unspecified atom stereocenters. The van der Waals surface area contributed by atoms with Crippen molar-refractivity contribution in [1.82, 2.24) is 14.9 Å². The molecule has 1 aliphatic rings. The summed E-state index contributed by atoms with van der Waals surface area (Å²) in [6.45, 7) is 5.89. The van der Waals surface area contributed by atoms with Crippen molar-refractivity contribution >= 4 is 15.9 Å². The van der Waals surface area contributed by atoms with Crippen LogP contribution in [-0.2, 0) is 27.8 Å². The zero-order valence-corrected chi connectivity index (χ0v) is 18.9. The smallest absolute Gasteiger partial charge is 0.251 e. The average Bonchev–Trinajstić information content (AvgIpc) is 2.78. The van der Waals surface area contributed by atoms with Crippen LogP contribution in [0.2, 0.25) is 0 Å². The highest BCUT2D eigenvalue weighted by Crippen LogP contribution is 2.13. The van der Waals surface area contributed by atoms with Crippen molar-refractivity contribution < 1.29 is 17.9 Å². The standard InChI is InChI=1S/C23H28N4O4S/c1-18-16-27(12-13-31-18)17-20-5-2-4-19(14-20)15-25-23(28)21-6-8-22(9-7-21)32(29,30)26-11-3-10-24/h2,4-9,14,18,26H,3,11-13,15-17H2,1H3,(H,25,28). The molecule has 0 saturated carbocycles. The number of carbonyl (C=O) groups excluding carboxylic acids is 1. The van der Waals surface area contributed by atoms with E-state index in [1.54, 1.807) is 0 Å². The average molecular weight is 457 g/mol. The molecule has 8 nitrogen and oxygen atoms in total. The number of hydrogen-bond donors (Lipinski definition) is 2. The molecule has 1 fully saturated rings. The molecule has 2 aromatic rings. The Balaban J connectivity index is 1.55. The lowest BCUT2D eigenvalue weighted by molar-refractivity contribution is -0.0212. The van der Waals surface area contributed by atoms with Gasteiger partial charge in [0, 0.05) is 44.7 Å².